The third kappa shape index (κ3) is 4.26. The molecule has 0 atom stereocenters. The maximum Gasteiger partial charge on any atom is 0.341 e. The van der Waals surface area contributed by atoms with Gasteiger partial charge in [-0.05, 0) is 13.0 Å². The number of aromatic nitrogens is 2. The van der Waals surface area contributed by atoms with Crippen LogP contribution in [0.15, 0.2) is 11.9 Å². The van der Waals surface area contributed by atoms with Crippen LogP contribution in [0.2, 0.25) is 0 Å². The van der Waals surface area contributed by atoms with Crippen molar-refractivity contribution in [2.75, 3.05) is 34.5 Å². The van der Waals surface area contributed by atoms with Crippen LogP contribution >= 0.6 is 0 Å². The second-order valence-electron chi connectivity index (χ2n) is 3.94. The summed E-state index contributed by atoms with van der Waals surface area (Å²) < 4.78 is 19.9. The molecule has 1 rings (SSSR count). The first-order valence-corrected chi connectivity index (χ1v) is 6.42. The number of rotatable bonds is 8. The first-order chi connectivity index (χ1) is 10.6. The highest BCUT2D eigenvalue weighted by molar-refractivity contribution is 6.21. The van der Waals surface area contributed by atoms with Gasteiger partial charge in [0.05, 0.1) is 26.4 Å². The van der Waals surface area contributed by atoms with Crippen LogP contribution in [0.25, 0.3) is 6.08 Å². The van der Waals surface area contributed by atoms with E-state index in [1.54, 1.807) is 6.92 Å². The van der Waals surface area contributed by atoms with Gasteiger partial charge in [0.25, 0.3) is 0 Å². The molecule has 0 unspecified atom stereocenters. The van der Waals surface area contributed by atoms with Crippen molar-refractivity contribution in [3.8, 4) is 11.8 Å². The second kappa shape index (κ2) is 8.73. The number of Topliss-reactive ketones (excluding diaryl/α,β-unsaturated/α-hetero) is 1. The molecule has 0 N–H and O–H groups in total. The van der Waals surface area contributed by atoms with Gasteiger partial charge in [0.15, 0.2) is 5.78 Å². The molecule has 1 heterocycles. The van der Waals surface area contributed by atoms with E-state index in [2.05, 4.69) is 9.97 Å². The van der Waals surface area contributed by atoms with Gasteiger partial charge in [0, 0.05) is 7.11 Å². The standard InChI is InChI=1S/C14H18N2O6/c1-5-22-14(18)9(11(17)7-19-2)6-10-12(20-3)15-8-16-13(10)21-4/h6,8H,5,7H2,1-4H3. The van der Waals surface area contributed by atoms with Gasteiger partial charge in [0.2, 0.25) is 11.8 Å². The molecule has 1 aromatic rings. The Hall–Kier alpha value is -2.48. The van der Waals surface area contributed by atoms with Crippen LogP contribution in [0.3, 0.4) is 0 Å². The Morgan fingerprint density at radius 2 is 1.73 bits per heavy atom. The van der Waals surface area contributed by atoms with Gasteiger partial charge in [-0.1, -0.05) is 0 Å². The van der Waals surface area contributed by atoms with Crippen molar-refractivity contribution in [1.29, 1.82) is 0 Å². The van der Waals surface area contributed by atoms with Crippen molar-refractivity contribution in [1.82, 2.24) is 9.97 Å². The van der Waals surface area contributed by atoms with Gasteiger partial charge in [-0.15, -0.1) is 0 Å². The smallest absolute Gasteiger partial charge is 0.341 e. The first-order valence-electron chi connectivity index (χ1n) is 6.42. The van der Waals surface area contributed by atoms with Crippen LogP contribution in [-0.4, -0.2) is 56.3 Å². The Balaban J connectivity index is 3.38. The maximum atomic E-state index is 12.0. The van der Waals surface area contributed by atoms with Crippen LogP contribution in [0.1, 0.15) is 12.5 Å². The zero-order valence-corrected chi connectivity index (χ0v) is 12.9. The Morgan fingerprint density at radius 1 is 1.14 bits per heavy atom. The number of ether oxygens (including phenoxy) is 4. The van der Waals surface area contributed by atoms with Crippen LogP contribution in [-0.2, 0) is 19.1 Å². The third-order valence-corrected chi connectivity index (χ3v) is 2.56. The Bertz CT molecular complexity index is 528. The van der Waals surface area contributed by atoms with Crippen molar-refractivity contribution < 1.29 is 28.5 Å². The summed E-state index contributed by atoms with van der Waals surface area (Å²) in [5.74, 6) is -0.968. The highest BCUT2D eigenvalue weighted by Gasteiger charge is 2.22. The molecule has 0 aliphatic carbocycles. The van der Waals surface area contributed by atoms with Crippen LogP contribution in [0.4, 0.5) is 0 Å². The minimum Gasteiger partial charge on any atom is -0.480 e. The molecule has 0 aliphatic rings. The molecule has 8 heteroatoms. The summed E-state index contributed by atoms with van der Waals surface area (Å²) >= 11 is 0. The number of nitrogens with zero attached hydrogens (tertiary/aromatic N) is 2. The molecule has 8 nitrogen and oxygen atoms in total. The van der Waals surface area contributed by atoms with E-state index < -0.39 is 11.8 Å². The van der Waals surface area contributed by atoms with Crippen molar-refractivity contribution >= 4 is 17.8 Å². The maximum absolute atomic E-state index is 12.0. The number of methoxy groups -OCH3 is 3. The fourth-order valence-electron chi connectivity index (χ4n) is 1.63. The van der Waals surface area contributed by atoms with Crippen molar-refractivity contribution in [3.63, 3.8) is 0 Å². The minimum atomic E-state index is -0.766. The summed E-state index contributed by atoms with van der Waals surface area (Å²) in [7, 11) is 4.16. The molecular weight excluding hydrogens is 292 g/mol. The summed E-state index contributed by atoms with van der Waals surface area (Å²) in [6.45, 7) is 1.52. The number of esters is 1. The molecule has 0 saturated carbocycles. The summed E-state index contributed by atoms with van der Waals surface area (Å²) in [6, 6.07) is 0. The molecule has 0 saturated heterocycles. The topological polar surface area (TPSA) is 96.8 Å². The van der Waals surface area contributed by atoms with Crippen molar-refractivity contribution in [2.24, 2.45) is 0 Å². The van der Waals surface area contributed by atoms with Gasteiger partial charge in [0.1, 0.15) is 18.5 Å². The lowest BCUT2D eigenvalue weighted by Crippen LogP contribution is -2.19. The van der Waals surface area contributed by atoms with Crippen LogP contribution < -0.4 is 9.47 Å². The lowest BCUT2D eigenvalue weighted by atomic mass is 10.1. The molecule has 0 fully saturated rings. The summed E-state index contributed by atoms with van der Waals surface area (Å²) in [5.41, 5.74) is 0.0649. The molecule has 0 radical (unpaired) electrons. The third-order valence-electron chi connectivity index (χ3n) is 2.56. The molecule has 0 bridgehead atoms. The Morgan fingerprint density at radius 3 is 2.18 bits per heavy atom. The predicted octanol–water partition coefficient (Wildman–Crippen LogP) is 0.656. The molecule has 1 aromatic heterocycles. The van der Waals surface area contributed by atoms with Crippen molar-refractivity contribution in [3.05, 3.63) is 17.5 Å². The number of ketones is 1. The lowest BCUT2D eigenvalue weighted by molar-refractivity contribution is -0.140. The normalized spacial score (nSPS) is 11.0. The largest absolute Gasteiger partial charge is 0.480 e. The predicted molar refractivity (Wildman–Crippen MR) is 76.6 cm³/mol. The van der Waals surface area contributed by atoms with E-state index in [1.165, 1.54) is 33.7 Å². The van der Waals surface area contributed by atoms with E-state index in [-0.39, 0.29) is 36.1 Å². The van der Waals surface area contributed by atoms with E-state index in [1.807, 2.05) is 0 Å². The number of hydrogen-bond donors (Lipinski definition) is 0. The van der Waals surface area contributed by atoms with Gasteiger partial charge >= 0.3 is 5.97 Å². The van der Waals surface area contributed by atoms with Gasteiger partial charge in [-0.25, -0.2) is 14.8 Å². The zero-order chi connectivity index (χ0) is 16.5. The Labute approximate surface area is 128 Å². The van der Waals surface area contributed by atoms with E-state index in [0.29, 0.717) is 0 Å². The highest BCUT2D eigenvalue weighted by atomic mass is 16.5. The quantitative estimate of drug-likeness (QED) is 0.299. The second-order valence-corrected chi connectivity index (χ2v) is 3.94. The minimum absolute atomic E-state index is 0.135. The molecule has 0 spiro atoms. The molecule has 0 aliphatic heterocycles. The molecule has 22 heavy (non-hydrogen) atoms. The lowest BCUT2D eigenvalue weighted by Gasteiger charge is -2.10. The molecular formula is C14H18N2O6. The fourth-order valence-corrected chi connectivity index (χ4v) is 1.63. The summed E-state index contributed by atoms with van der Waals surface area (Å²) in [6.07, 6.45) is 2.52. The van der Waals surface area contributed by atoms with Gasteiger partial charge < -0.3 is 18.9 Å². The zero-order valence-electron chi connectivity index (χ0n) is 12.9. The van der Waals surface area contributed by atoms with Crippen LogP contribution in [0.5, 0.6) is 11.8 Å². The van der Waals surface area contributed by atoms with Crippen LogP contribution in [0, 0.1) is 0 Å². The summed E-state index contributed by atoms with van der Waals surface area (Å²) in [5, 5.41) is 0. The fraction of sp³-hybridized carbons (Fsp3) is 0.429. The SMILES string of the molecule is CCOC(=O)C(=Cc1c(OC)ncnc1OC)C(=O)COC. The average molecular weight is 310 g/mol. The number of carbonyl (C=O) groups is 2. The van der Waals surface area contributed by atoms with E-state index in [9.17, 15) is 9.59 Å². The number of carbonyl (C=O) groups excluding carboxylic acids is 2. The monoisotopic (exact) mass is 310 g/mol. The van der Waals surface area contributed by atoms with Gasteiger partial charge in [-0.2, -0.15) is 0 Å². The average Bonchev–Trinajstić information content (AvgIpc) is 2.52. The van der Waals surface area contributed by atoms with E-state index in [0.717, 1.165) is 0 Å². The molecule has 0 aromatic carbocycles. The molecule has 0 amide bonds. The van der Waals surface area contributed by atoms with E-state index >= 15 is 0 Å². The summed E-state index contributed by atoms with van der Waals surface area (Å²) in [4.78, 5) is 31.9. The van der Waals surface area contributed by atoms with Crippen molar-refractivity contribution in [2.45, 2.75) is 6.92 Å². The van der Waals surface area contributed by atoms with Gasteiger partial charge in [-0.3, -0.25) is 4.79 Å². The molecule has 120 valence electrons. The first kappa shape index (κ1) is 17.6. The van der Waals surface area contributed by atoms with E-state index in [4.69, 9.17) is 18.9 Å². The highest BCUT2D eigenvalue weighted by Crippen LogP contribution is 2.26. The Kier molecular flexibility index (Phi) is 6.97. The number of hydrogen-bond acceptors (Lipinski definition) is 8.